The molecule has 1 aliphatic rings. The van der Waals surface area contributed by atoms with E-state index in [1.807, 2.05) is 41.7 Å². The van der Waals surface area contributed by atoms with Gasteiger partial charge < -0.3 is 20.1 Å². The molecule has 7 heteroatoms. The third-order valence-corrected chi connectivity index (χ3v) is 6.00. The van der Waals surface area contributed by atoms with Crippen molar-refractivity contribution in [3.05, 3.63) is 52.2 Å². The summed E-state index contributed by atoms with van der Waals surface area (Å²) in [6.45, 7) is 9.19. The van der Waals surface area contributed by atoms with Gasteiger partial charge in [-0.15, -0.1) is 11.3 Å². The molecule has 2 unspecified atom stereocenters. The maximum absolute atomic E-state index is 5.94. The highest BCUT2D eigenvalue weighted by Gasteiger charge is 2.24. The zero-order chi connectivity index (χ0) is 20.5. The van der Waals surface area contributed by atoms with Crippen molar-refractivity contribution >= 4 is 17.3 Å². The van der Waals surface area contributed by atoms with Gasteiger partial charge in [-0.05, 0) is 38.1 Å². The quantitative estimate of drug-likeness (QED) is 0.512. The van der Waals surface area contributed by atoms with Gasteiger partial charge in [0.15, 0.2) is 5.96 Å². The predicted octanol–water partition coefficient (Wildman–Crippen LogP) is 3.06. The molecule has 3 rings (SSSR count). The van der Waals surface area contributed by atoms with Crippen molar-refractivity contribution in [1.82, 2.24) is 15.5 Å². The van der Waals surface area contributed by atoms with E-state index in [0.29, 0.717) is 12.6 Å². The van der Waals surface area contributed by atoms with Crippen LogP contribution in [0.1, 0.15) is 22.7 Å². The van der Waals surface area contributed by atoms with E-state index in [0.717, 1.165) is 44.6 Å². The number of hydrogen-bond acceptors (Lipinski definition) is 5. The fraction of sp³-hybridized carbons (Fsp3) is 0.500. The molecule has 6 nitrogen and oxygen atoms in total. The van der Waals surface area contributed by atoms with E-state index in [1.165, 1.54) is 9.75 Å². The molecule has 1 saturated heterocycles. The molecule has 2 heterocycles. The van der Waals surface area contributed by atoms with E-state index in [9.17, 15) is 0 Å². The van der Waals surface area contributed by atoms with Gasteiger partial charge in [-0.3, -0.25) is 9.89 Å². The smallest absolute Gasteiger partial charge is 0.191 e. The van der Waals surface area contributed by atoms with Crippen LogP contribution in [0.3, 0.4) is 0 Å². The van der Waals surface area contributed by atoms with Crippen LogP contribution in [-0.4, -0.2) is 63.4 Å². The first-order chi connectivity index (χ1) is 14.2. The molecule has 0 bridgehead atoms. The molecular formula is C22H32N4O2S. The molecule has 29 heavy (non-hydrogen) atoms. The molecule has 1 aromatic heterocycles. The summed E-state index contributed by atoms with van der Waals surface area (Å²) >= 11 is 1.87. The lowest BCUT2D eigenvalue weighted by Crippen LogP contribution is -2.47. The van der Waals surface area contributed by atoms with Crippen LogP contribution in [0.5, 0.6) is 5.75 Å². The summed E-state index contributed by atoms with van der Waals surface area (Å²) in [7, 11) is 1.80. The van der Waals surface area contributed by atoms with Gasteiger partial charge in [0.1, 0.15) is 11.9 Å². The van der Waals surface area contributed by atoms with Crippen LogP contribution in [0.4, 0.5) is 0 Å². The maximum atomic E-state index is 5.94. The third kappa shape index (κ3) is 6.73. The SMILES string of the molecule is CN=C(NCC(C)Oc1ccccc1)NCC(c1ccc(C)s1)N1CCOCC1. The number of para-hydroxylation sites is 1. The highest BCUT2D eigenvalue weighted by atomic mass is 32.1. The Morgan fingerprint density at radius 2 is 1.86 bits per heavy atom. The van der Waals surface area contributed by atoms with E-state index in [-0.39, 0.29) is 6.10 Å². The molecule has 0 radical (unpaired) electrons. The lowest BCUT2D eigenvalue weighted by Gasteiger charge is -2.34. The molecule has 2 atom stereocenters. The fourth-order valence-corrected chi connectivity index (χ4v) is 4.37. The average Bonchev–Trinajstić information content (AvgIpc) is 3.18. The summed E-state index contributed by atoms with van der Waals surface area (Å²) in [6.07, 6.45) is 0.0333. The number of nitrogens with one attached hydrogen (secondary N) is 2. The number of aryl methyl sites for hydroxylation is 1. The Morgan fingerprint density at radius 1 is 1.14 bits per heavy atom. The molecule has 2 aromatic rings. The number of guanidine groups is 1. The van der Waals surface area contributed by atoms with E-state index < -0.39 is 0 Å². The number of thiophene rings is 1. The van der Waals surface area contributed by atoms with Crippen molar-refractivity contribution in [3.8, 4) is 5.75 Å². The van der Waals surface area contributed by atoms with Crippen LogP contribution < -0.4 is 15.4 Å². The van der Waals surface area contributed by atoms with Crippen LogP contribution in [0.2, 0.25) is 0 Å². The predicted molar refractivity (Wildman–Crippen MR) is 120 cm³/mol. The Labute approximate surface area is 177 Å². The minimum atomic E-state index is 0.0333. The lowest BCUT2D eigenvalue weighted by atomic mass is 10.2. The van der Waals surface area contributed by atoms with Gasteiger partial charge in [0.05, 0.1) is 25.8 Å². The number of benzene rings is 1. The van der Waals surface area contributed by atoms with Gasteiger partial charge in [0.25, 0.3) is 0 Å². The summed E-state index contributed by atoms with van der Waals surface area (Å²) < 4.78 is 11.5. The van der Waals surface area contributed by atoms with Gasteiger partial charge in [-0.1, -0.05) is 18.2 Å². The molecule has 0 amide bonds. The van der Waals surface area contributed by atoms with Crippen LogP contribution >= 0.6 is 11.3 Å². The first-order valence-corrected chi connectivity index (χ1v) is 11.0. The van der Waals surface area contributed by atoms with Crippen molar-refractivity contribution in [2.45, 2.75) is 26.0 Å². The van der Waals surface area contributed by atoms with Crippen molar-refractivity contribution in [1.29, 1.82) is 0 Å². The van der Waals surface area contributed by atoms with Crippen LogP contribution in [-0.2, 0) is 4.74 Å². The Hall–Kier alpha value is -2.09. The Morgan fingerprint density at radius 3 is 2.52 bits per heavy atom. The number of nitrogens with zero attached hydrogens (tertiary/aromatic N) is 2. The van der Waals surface area contributed by atoms with Gasteiger partial charge in [-0.2, -0.15) is 0 Å². The summed E-state index contributed by atoms with van der Waals surface area (Å²) in [5.41, 5.74) is 0. The zero-order valence-electron chi connectivity index (χ0n) is 17.6. The summed E-state index contributed by atoms with van der Waals surface area (Å²) in [5.74, 6) is 1.67. The first-order valence-electron chi connectivity index (χ1n) is 10.2. The second-order valence-corrected chi connectivity index (χ2v) is 8.51. The molecule has 0 aliphatic carbocycles. The summed E-state index contributed by atoms with van der Waals surface area (Å²) in [4.78, 5) is 9.60. The first kappa shape index (κ1) is 21.6. The van der Waals surface area contributed by atoms with E-state index in [1.54, 1.807) is 7.05 Å². The van der Waals surface area contributed by atoms with Crippen molar-refractivity contribution < 1.29 is 9.47 Å². The number of rotatable bonds is 8. The van der Waals surface area contributed by atoms with Gasteiger partial charge in [0, 0.05) is 36.4 Å². The second kappa shape index (κ2) is 11.2. The standard InChI is InChI=1S/C22H32N4O2S/c1-17(28-19-7-5-4-6-8-19)15-24-22(23-3)25-16-20(21-10-9-18(2)29-21)26-11-13-27-14-12-26/h4-10,17,20H,11-16H2,1-3H3,(H2,23,24,25). The van der Waals surface area contributed by atoms with Crippen molar-refractivity contribution in [2.75, 3.05) is 46.4 Å². The third-order valence-electron chi connectivity index (χ3n) is 4.90. The maximum Gasteiger partial charge on any atom is 0.191 e. The molecule has 158 valence electrons. The normalized spacial score (nSPS) is 17.6. The van der Waals surface area contributed by atoms with E-state index in [4.69, 9.17) is 9.47 Å². The zero-order valence-corrected chi connectivity index (χ0v) is 18.4. The molecular weight excluding hydrogens is 384 g/mol. The number of morpholine rings is 1. The highest BCUT2D eigenvalue weighted by molar-refractivity contribution is 7.12. The number of aliphatic imine (C=N–C) groups is 1. The van der Waals surface area contributed by atoms with Gasteiger partial charge >= 0.3 is 0 Å². The van der Waals surface area contributed by atoms with Gasteiger partial charge in [0.2, 0.25) is 0 Å². The summed E-state index contributed by atoms with van der Waals surface area (Å²) in [5, 5.41) is 6.88. The monoisotopic (exact) mass is 416 g/mol. The molecule has 1 aromatic carbocycles. The number of ether oxygens (including phenoxy) is 2. The average molecular weight is 417 g/mol. The molecule has 1 fully saturated rings. The summed E-state index contributed by atoms with van der Waals surface area (Å²) in [6, 6.07) is 14.6. The van der Waals surface area contributed by atoms with Crippen molar-refractivity contribution in [2.24, 2.45) is 4.99 Å². The molecule has 0 spiro atoms. The lowest BCUT2D eigenvalue weighted by molar-refractivity contribution is 0.0177. The Bertz CT molecular complexity index is 759. The van der Waals surface area contributed by atoms with Gasteiger partial charge in [-0.25, -0.2) is 0 Å². The Kier molecular flexibility index (Phi) is 8.34. The van der Waals surface area contributed by atoms with Crippen molar-refractivity contribution in [3.63, 3.8) is 0 Å². The Balaban J connectivity index is 1.52. The topological polar surface area (TPSA) is 58.1 Å². The van der Waals surface area contributed by atoms with Crippen LogP contribution in [0.25, 0.3) is 0 Å². The van der Waals surface area contributed by atoms with E-state index in [2.05, 4.69) is 46.5 Å². The van der Waals surface area contributed by atoms with E-state index >= 15 is 0 Å². The fourth-order valence-electron chi connectivity index (χ4n) is 3.36. The second-order valence-electron chi connectivity index (χ2n) is 7.19. The molecule has 0 saturated carbocycles. The minimum Gasteiger partial charge on any atom is -0.489 e. The number of hydrogen-bond donors (Lipinski definition) is 2. The minimum absolute atomic E-state index is 0.0333. The molecule has 2 N–H and O–H groups in total. The largest absolute Gasteiger partial charge is 0.489 e. The highest BCUT2D eigenvalue weighted by Crippen LogP contribution is 2.27. The van der Waals surface area contributed by atoms with Crippen LogP contribution in [0, 0.1) is 6.92 Å². The molecule has 1 aliphatic heterocycles. The van der Waals surface area contributed by atoms with Crippen LogP contribution in [0.15, 0.2) is 47.5 Å².